The SMILES string of the molecule is Cc1sc2nc(SCC(=O)N[C@@H](C)CCC(C)C)n(C(C)C)c(=O)c2c1C. The van der Waals surface area contributed by atoms with Crippen LogP contribution in [0.1, 0.15) is 63.9 Å². The number of aromatic nitrogens is 2. The lowest BCUT2D eigenvalue weighted by molar-refractivity contribution is -0.119. The molecule has 2 rings (SSSR count). The number of amides is 1. The van der Waals surface area contributed by atoms with Crippen LogP contribution in [0.5, 0.6) is 0 Å². The van der Waals surface area contributed by atoms with Crippen molar-refractivity contribution in [2.75, 3.05) is 5.75 Å². The molecule has 1 atom stereocenters. The number of rotatable bonds is 8. The third-order valence-corrected chi connectivity index (χ3v) is 6.69. The molecule has 2 heterocycles. The zero-order chi connectivity index (χ0) is 20.3. The third-order valence-electron chi connectivity index (χ3n) is 4.64. The summed E-state index contributed by atoms with van der Waals surface area (Å²) in [4.78, 5) is 31.9. The van der Waals surface area contributed by atoms with Gasteiger partial charge in [0.25, 0.3) is 5.56 Å². The number of carbonyl (C=O) groups is 1. The van der Waals surface area contributed by atoms with Crippen molar-refractivity contribution in [3.05, 3.63) is 20.8 Å². The molecule has 27 heavy (non-hydrogen) atoms. The largest absolute Gasteiger partial charge is 0.353 e. The van der Waals surface area contributed by atoms with Gasteiger partial charge in [0.1, 0.15) is 4.83 Å². The second kappa shape index (κ2) is 9.24. The molecule has 1 amide bonds. The van der Waals surface area contributed by atoms with Gasteiger partial charge in [0.05, 0.1) is 11.1 Å². The molecule has 0 saturated carbocycles. The summed E-state index contributed by atoms with van der Waals surface area (Å²) in [7, 11) is 0. The lowest BCUT2D eigenvalue weighted by Crippen LogP contribution is -2.34. The highest BCUT2D eigenvalue weighted by molar-refractivity contribution is 7.99. The van der Waals surface area contributed by atoms with E-state index in [9.17, 15) is 9.59 Å². The Kier molecular flexibility index (Phi) is 7.51. The molecule has 0 fully saturated rings. The van der Waals surface area contributed by atoms with Crippen LogP contribution in [-0.4, -0.2) is 27.3 Å². The molecular weight excluding hydrogens is 378 g/mol. The van der Waals surface area contributed by atoms with Crippen LogP contribution in [0, 0.1) is 19.8 Å². The molecule has 0 bridgehead atoms. The van der Waals surface area contributed by atoms with E-state index in [1.54, 1.807) is 15.9 Å². The number of thiophene rings is 1. The standard InChI is InChI=1S/C20H31N3O2S2/c1-11(2)8-9-13(5)21-16(24)10-26-20-22-18-17(14(6)15(7)27-18)19(25)23(20)12(3)4/h11-13H,8-10H2,1-7H3,(H,21,24)/t13-/m0/s1. The van der Waals surface area contributed by atoms with Crippen molar-refractivity contribution in [1.82, 2.24) is 14.9 Å². The molecule has 0 aromatic carbocycles. The Bertz CT molecular complexity index is 868. The van der Waals surface area contributed by atoms with E-state index in [0.29, 0.717) is 16.5 Å². The van der Waals surface area contributed by atoms with Gasteiger partial charge in [-0.1, -0.05) is 25.6 Å². The van der Waals surface area contributed by atoms with Crippen molar-refractivity contribution >= 4 is 39.2 Å². The van der Waals surface area contributed by atoms with Gasteiger partial charge >= 0.3 is 0 Å². The molecule has 0 aliphatic carbocycles. The highest BCUT2D eigenvalue weighted by atomic mass is 32.2. The van der Waals surface area contributed by atoms with E-state index in [2.05, 4.69) is 19.2 Å². The van der Waals surface area contributed by atoms with E-state index in [1.807, 2.05) is 34.6 Å². The van der Waals surface area contributed by atoms with Crippen molar-refractivity contribution in [3.63, 3.8) is 0 Å². The van der Waals surface area contributed by atoms with Gasteiger partial charge in [-0.25, -0.2) is 4.98 Å². The normalized spacial score (nSPS) is 12.9. The fourth-order valence-corrected chi connectivity index (χ4v) is 4.96. The van der Waals surface area contributed by atoms with E-state index >= 15 is 0 Å². The number of hydrogen-bond acceptors (Lipinski definition) is 5. The van der Waals surface area contributed by atoms with Crippen molar-refractivity contribution in [2.24, 2.45) is 5.92 Å². The summed E-state index contributed by atoms with van der Waals surface area (Å²) in [6, 6.07) is 0.148. The predicted octanol–water partition coefficient (Wildman–Crippen LogP) is 4.69. The van der Waals surface area contributed by atoms with E-state index in [0.717, 1.165) is 28.1 Å². The summed E-state index contributed by atoms with van der Waals surface area (Å²) in [5.41, 5.74) is 1.00. The minimum atomic E-state index is -0.0144. The van der Waals surface area contributed by atoms with E-state index < -0.39 is 0 Å². The first-order valence-corrected chi connectivity index (χ1v) is 11.4. The number of nitrogens with one attached hydrogen (secondary N) is 1. The fraction of sp³-hybridized carbons (Fsp3) is 0.650. The molecule has 1 N–H and O–H groups in total. The van der Waals surface area contributed by atoms with Crippen molar-refractivity contribution in [1.29, 1.82) is 0 Å². The maximum absolute atomic E-state index is 13.0. The molecule has 0 radical (unpaired) electrons. The highest BCUT2D eigenvalue weighted by Gasteiger charge is 2.19. The second-order valence-corrected chi connectivity index (χ2v) is 10.0. The van der Waals surface area contributed by atoms with Crippen LogP contribution in [0.2, 0.25) is 0 Å². The van der Waals surface area contributed by atoms with Gasteiger partial charge < -0.3 is 5.32 Å². The van der Waals surface area contributed by atoms with Gasteiger partial charge in [-0.3, -0.25) is 14.2 Å². The van der Waals surface area contributed by atoms with Crippen molar-refractivity contribution < 1.29 is 4.79 Å². The van der Waals surface area contributed by atoms with Crippen LogP contribution >= 0.6 is 23.1 Å². The first kappa shape index (κ1) is 22.0. The Morgan fingerprint density at radius 2 is 1.85 bits per heavy atom. The minimum Gasteiger partial charge on any atom is -0.353 e. The first-order chi connectivity index (χ1) is 12.6. The van der Waals surface area contributed by atoms with Gasteiger partial charge in [0.15, 0.2) is 5.16 Å². The van der Waals surface area contributed by atoms with Crippen LogP contribution in [0.15, 0.2) is 9.95 Å². The van der Waals surface area contributed by atoms with Gasteiger partial charge in [-0.2, -0.15) is 0 Å². The fourth-order valence-electron chi connectivity index (χ4n) is 2.95. The zero-order valence-electron chi connectivity index (χ0n) is 17.4. The Hall–Kier alpha value is -1.34. The van der Waals surface area contributed by atoms with E-state index in [1.165, 1.54) is 11.8 Å². The van der Waals surface area contributed by atoms with Crippen LogP contribution in [0.3, 0.4) is 0 Å². The Morgan fingerprint density at radius 1 is 1.19 bits per heavy atom. The van der Waals surface area contributed by atoms with Gasteiger partial charge in [-0.05, 0) is 58.9 Å². The topological polar surface area (TPSA) is 64.0 Å². The lowest BCUT2D eigenvalue weighted by Gasteiger charge is -2.17. The first-order valence-electron chi connectivity index (χ1n) is 9.56. The highest BCUT2D eigenvalue weighted by Crippen LogP contribution is 2.29. The lowest BCUT2D eigenvalue weighted by atomic mass is 10.0. The monoisotopic (exact) mass is 409 g/mol. The zero-order valence-corrected chi connectivity index (χ0v) is 19.0. The number of hydrogen-bond donors (Lipinski definition) is 1. The summed E-state index contributed by atoms with van der Waals surface area (Å²) in [5.74, 6) is 0.882. The molecule has 0 unspecified atom stereocenters. The molecule has 2 aromatic rings. The molecule has 2 aromatic heterocycles. The van der Waals surface area contributed by atoms with Crippen LogP contribution in [-0.2, 0) is 4.79 Å². The molecule has 0 spiro atoms. The number of thioether (sulfide) groups is 1. The van der Waals surface area contributed by atoms with Crippen LogP contribution in [0.4, 0.5) is 0 Å². The quantitative estimate of drug-likeness (QED) is 0.507. The van der Waals surface area contributed by atoms with Crippen LogP contribution in [0.25, 0.3) is 10.2 Å². The van der Waals surface area contributed by atoms with Gasteiger partial charge in [0, 0.05) is 17.0 Å². The van der Waals surface area contributed by atoms with E-state index in [-0.39, 0.29) is 29.3 Å². The van der Waals surface area contributed by atoms with Gasteiger partial charge in [0.2, 0.25) is 5.91 Å². The molecule has 0 aliphatic heterocycles. The second-order valence-electron chi connectivity index (χ2n) is 7.86. The Labute approximate surface area is 170 Å². The minimum absolute atomic E-state index is 0.00920. The van der Waals surface area contributed by atoms with Crippen molar-refractivity contribution in [2.45, 2.75) is 78.5 Å². The Morgan fingerprint density at radius 3 is 2.44 bits per heavy atom. The number of aryl methyl sites for hydroxylation is 2. The maximum atomic E-state index is 13.0. The number of carbonyl (C=O) groups excluding carboxylic acids is 1. The van der Waals surface area contributed by atoms with Crippen molar-refractivity contribution in [3.8, 4) is 0 Å². The third kappa shape index (κ3) is 5.35. The smallest absolute Gasteiger partial charge is 0.263 e. The Balaban J connectivity index is 2.17. The van der Waals surface area contributed by atoms with E-state index in [4.69, 9.17) is 4.98 Å². The summed E-state index contributed by atoms with van der Waals surface area (Å²) in [5, 5.41) is 4.38. The van der Waals surface area contributed by atoms with Gasteiger partial charge in [-0.15, -0.1) is 11.3 Å². The molecule has 0 aliphatic rings. The summed E-state index contributed by atoms with van der Waals surface area (Å²) in [6.45, 7) is 14.3. The maximum Gasteiger partial charge on any atom is 0.263 e. The molecular formula is C20H31N3O2S2. The average Bonchev–Trinajstić information content (AvgIpc) is 2.85. The predicted molar refractivity (Wildman–Crippen MR) is 116 cm³/mol. The molecule has 0 saturated heterocycles. The summed E-state index contributed by atoms with van der Waals surface area (Å²) >= 11 is 2.88. The molecule has 7 heteroatoms. The number of fused-ring (bicyclic) bond motifs is 1. The summed E-state index contributed by atoms with van der Waals surface area (Å²) < 4.78 is 1.71. The van der Waals surface area contributed by atoms with Crippen LogP contribution < -0.4 is 10.9 Å². The number of nitrogens with zero attached hydrogens (tertiary/aromatic N) is 2. The molecule has 5 nitrogen and oxygen atoms in total. The average molecular weight is 410 g/mol. The summed E-state index contributed by atoms with van der Waals surface area (Å²) in [6.07, 6.45) is 2.07. The molecule has 150 valence electrons.